The van der Waals surface area contributed by atoms with E-state index in [9.17, 15) is 18.0 Å². The molecule has 1 atom stereocenters. The summed E-state index contributed by atoms with van der Waals surface area (Å²) in [6.07, 6.45) is -4.91. The fourth-order valence-electron chi connectivity index (χ4n) is 1.64. The largest absolute Gasteiger partial charge is 0.481 e. The molecule has 0 aliphatic carbocycles. The van der Waals surface area contributed by atoms with Gasteiger partial charge in [0, 0.05) is 5.92 Å². The molecule has 94 valence electrons. The van der Waals surface area contributed by atoms with E-state index < -0.39 is 30.0 Å². The standard InChI is InChI=1S/C11H12F3NO2/c12-11(13,14)9-4-2-1-3-8(9)7(6-15)5-10(16)17/h1-4,7H,5-6,15H2,(H,16,17)/t7-/m1/s1. The Kier molecular flexibility index (Phi) is 4.11. The lowest BCUT2D eigenvalue weighted by Gasteiger charge is -2.18. The van der Waals surface area contributed by atoms with E-state index in [1.54, 1.807) is 0 Å². The van der Waals surface area contributed by atoms with Gasteiger partial charge in [-0.15, -0.1) is 0 Å². The number of halogens is 3. The predicted molar refractivity (Wildman–Crippen MR) is 55.5 cm³/mol. The van der Waals surface area contributed by atoms with Crippen molar-refractivity contribution < 1.29 is 23.1 Å². The molecule has 1 aromatic carbocycles. The quantitative estimate of drug-likeness (QED) is 0.857. The monoisotopic (exact) mass is 247 g/mol. The molecule has 0 fully saturated rings. The molecule has 0 aliphatic rings. The fraction of sp³-hybridized carbons (Fsp3) is 0.364. The van der Waals surface area contributed by atoms with E-state index in [0.717, 1.165) is 6.07 Å². The molecule has 0 amide bonds. The average Bonchev–Trinajstić information content (AvgIpc) is 2.24. The Morgan fingerprint density at radius 2 is 1.94 bits per heavy atom. The van der Waals surface area contributed by atoms with E-state index >= 15 is 0 Å². The van der Waals surface area contributed by atoms with E-state index in [2.05, 4.69) is 0 Å². The Bertz CT molecular complexity index is 404. The van der Waals surface area contributed by atoms with Crippen LogP contribution >= 0.6 is 0 Å². The van der Waals surface area contributed by atoms with Gasteiger partial charge in [0.1, 0.15) is 0 Å². The highest BCUT2D eigenvalue weighted by Crippen LogP contribution is 2.35. The maximum Gasteiger partial charge on any atom is 0.416 e. The van der Waals surface area contributed by atoms with Crippen LogP contribution in [0.25, 0.3) is 0 Å². The lowest BCUT2D eigenvalue weighted by Crippen LogP contribution is -2.20. The van der Waals surface area contributed by atoms with Crippen LogP contribution in [0.1, 0.15) is 23.5 Å². The minimum absolute atomic E-state index is 0.0649. The SMILES string of the molecule is NC[C@@H](CC(=O)O)c1ccccc1C(F)(F)F. The molecule has 0 aromatic heterocycles. The third kappa shape index (κ3) is 3.45. The number of rotatable bonds is 4. The molecule has 1 aromatic rings. The average molecular weight is 247 g/mol. The van der Waals surface area contributed by atoms with Gasteiger partial charge in [-0.25, -0.2) is 0 Å². The molecule has 3 nitrogen and oxygen atoms in total. The molecule has 0 bridgehead atoms. The second kappa shape index (κ2) is 5.18. The van der Waals surface area contributed by atoms with Crippen LogP contribution < -0.4 is 5.73 Å². The molecule has 0 aliphatic heterocycles. The topological polar surface area (TPSA) is 63.3 Å². The van der Waals surface area contributed by atoms with Crippen molar-refractivity contribution in [1.29, 1.82) is 0 Å². The van der Waals surface area contributed by atoms with Crippen molar-refractivity contribution in [3.05, 3.63) is 35.4 Å². The number of carbonyl (C=O) groups is 1. The van der Waals surface area contributed by atoms with Crippen LogP contribution in [0.15, 0.2) is 24.3 Å². The lowest BCUT2D eigenvalue weighted by atomic mass is 9.91. The Morgan fingerprint density at radius 1 is 1.35 bits per heavy atom. The van der Waals surface area contributed by atoms with Crippen molar-refractivity contribution in [2.75, 3.05) is 6.54 Å². The third-order valence-electron chi connectivity index (χ3n) is 2.41. The van der Waals surface area contributed by atoms with Crippen molar-refractivity contribution in [2.24, 2.45) is 5.73 Å². The normalized spacial score (nSPS) is 13.4. The first-order valence-corrected chi connectivity index (χ1v) is 4.94. The fourth-order valence-corrected chi connectivity index (χ4v) is 1.64. The first kappa shape index (κ1) is 13.5. The van der Waals surface area contributed by atoms with Crippen molar-refractivity contribution in [3.63, 3.8) is 0 Å². The van der Waals surface area contributed by atoms with E-state index in [-0.39, 0.29) is 12.1 Å². The van der Waals surface area contributed by atoms with E-state index in [1.807, 2.05) is 0 Å². The minimum Gasteiger partial charge on any atom is -0.481 e. The first-order valence-electron chi connectivity index (χ1n) is 4.94. The second-order valence-corrected chi connectivity index (χ2v) is 3.62. The number of benzene rings is 1. The van der Waals surface area contributed by atoms with E-state index in [1.165, 1.54) is 18.2 Å². The molecule has 1 rings (SSSR count). The number of carboxylic acid groups (broad SMARTS) is 1. The van der Waals surface area contributed by atoms with Crippen LogP contribution in [-0.4, -0.2) is 17.6 Å². The lowest BCUT2D eigenvalue weighted by molar-refractivity contribution is -0.140. The number of alkyl halides is 3. The maximum absolute atomic E-state index is 12.7. The maximum atomic E-state index is 12.7. The van der Waals surface area contributed by atoms with Gasteiger partial charge in [0.05, 0.1) is 12.0 Å². The second-order valence-electron chi connectivity index (χ2n) is 3.62. The molecule has 3 N–H and O–H groups in total. The van der Waals surface area contributed by atoms with Crippen molar-refractivity contribution in [2.45, 2.75) is 18.5 Å². The summed E-state index contributed by atoms with van der Waals surface area (Å²) in [5, 5.41) is 8.63. The number of aliphatic carboxylic acids is 1. The van der Waals surface area contributed by atoms with Crippen LogP contribution in [0.4, 0.5) is 13.2 Å². The molecule has 0 radical (unpaired) electrons. The van der Waals surface area contributed by atoms with Gasteiger partial charge in [-0.2, -0.15) is 13.2 Å². The van der Waals surface area contributed by atoms with E-state index in [0.29, 0.717) is 0 Å². The summed E-state index contributed by atoms with van der Waals surface area (Å²) in [6.45, 7) is -0.139. The van der Waals surface area contributed by atoms with Crippen LogP contribution in [-0.2, 0) is 11.0 Å². The zero-order valence-electron chi connectivity index (χ0n) is 8.87. The van der Waals surface area contributed by atoms with Crippen molar-refractivity contribution >= 4 is 5.97 Å². The summed E-state index contributed by atoms with van der Waals surface area (Å²) < 4.78 is 38.1. The molecule has 6 heteroatoms. The summed E-state index contributed by atoms with van der Waals surface area (Å²) in [6, 6.07) is 4.90. The highest BCUT2D eigenvalue weighted by Gasteiger charge is 2.34. The summed E-state index contributed by atoms with van der Waals surface area (Å²) in [5.74, 6) is -2.00. The van der Waals surface area contributed by atoms with Crippen LogP contribution in [0.2, 0.25) is 0 Å². The Hall–Kier alpha value is -1.56. The highest BCUT2D eigenvalue weighted by molar-refractivity contribution is 5.68. The minimum atomic E-state index is -4.50. The number of hydrogen-bond donors (Lipinski definition) is 2. The molecule has 0 unspecified atom stereocenters. The summed E-state index contributed by atoms with van der Waals surface area (Å²) in [7, 11) is 0. The Labute approximate surface area is 96.0 Å². The van der Waals surface area contributed by atoms with Gasteiger partial charge in [0.2, 0.25) is 0 Å². The van der Waals surface area contributed by atoms with Gasteiger partial charge in [-0.3, -0.25) is 4.79 Å². The summed E-state index contributed by atoms with van der Waals surface area (Å²) in [5.41, 5.74) is 4.45. The van der Waals surface area contributed by atoms with Gasteiger partial charge >= 0.3 is 12.1 Å². The third-order valence-corrected chi connectivity index (χ3v) is 2.41. The van der Waals surface area contributed by atoms with Gasteiger partial charge in [-0.05, 0) is 18.2 Å². The Balaban J connectivity index is 3.15. The molecular weight excluding hydrogens is 235 g/mol. The number of nitrogens with two attached hydrogens (primary N) is 1. The van der Waals surface area contributed by atoms with Gasteiger partial charge in [0.15, 0.2) is 0 Å². The van der Waals surface area contributed by atoms with Crippen molar-refractivity contribution in [3.8, 4) is 0 Å². The molecular formula is C11H12F3NO2. The zero-order valence-corrected chi connectivity index (χ0v) is 8.87. The predicted octanol–water partition coefficient (Wildman–Crippen LogP) is 2.22. The highest BCUT2D eigenvalue weighted by atomic mass is 19.4. The smallest absolute Gasteiger partial charge is 0.416 e. The van der Waals surface area contributed by atoms with Gasteiger partial charge in [-0.1, -0.05) is 18.2 Å². The van der Waals surface area contributed by atoms with Gasteiger partial charge in [0.25, 0.3) is 0 Å². The van der Waals surface area contributed by atoms with E-state index in [4.69, 9.17) is 10.8 Å². The molecule has 0 saturated heterocycles. The van der Waals surface area contributed by atoms with Crippen LogP contribution in [0, 0.1) is 0 Å². The molecule has 0 heterocycles. The molecule has 17 heavy (non-hydrogen) atoms. The Morgan fingerprint density at radius 3 is 2.41 bits per heavy atom. The molecule has 0 saturated carbocycles. The summed E-state index contributed by atoms with van der Waals surface area (Å²) >= 11 is 0. The summed E-state index contributed by atoms with van der Waals surface area (Å²) in [4.78, 5) is 10.6. The van der Waals surface area contributed by atoms with Gasteiger partial charge < -0.3 is 10.8 Å². The van der Waals surface area contributed by atoms with Crippen molar-refractivity contribution in [1.82, 2.24) is 0 Å². The zero-order chi connectivity index (χ0) is 13.1. The van der Waals surface area contributed by atoms with Crippen LogP contribution in [0.5, 0.6) is 0 Å². The van der Waals surface area contributed by atoms with Crippen LogP contribution in [0.3, 0.4) is 0 Å². The molecule has 0 spiro atoms. The number of carboxylic acids is 1. The first-order chi connectivity index (χ1) is 7.86. The number of hydrogen-bond acceptors (Lipinski definition) is 2.